The Hall–Kier alpha value is -2.29. The minimum Gasteiger partial charge on any atom is -0.494 e. The first kappa shape index (κ1) is 16.1. The van der Waals surface area contributed by atoms with Gasteiger partial charge < -0.3 is 9.84 Å². The topological polar surface area (TPSA) is 46.5 Å². The van der Waals surface area contributed by atoms with Crippen molar-refractivity contribution in [2.45, 2.75) is 32.6 Å². The molecule has 0 aliphatic carbocycles. The molecule has 0 bridgehead atoms. The van der Waals surface area contributed by atoms with Gasteiger partial charge >= 0.3 is 5.97 Å². The van der Waals surface area contributed by atoms with Crippen LogP contribution in [0.1, 0.15) is 43.0 Å². The van der Waals surface area contributed by atoms with Gasteiger partial charge in [0.2, 0.25) is 0 Å². The van der Waals surface area contributed by atoms with Gasteiger partial charge in [-0.15, -0.1) is 0 Å². The molecule has 0 saturated carbocycles. The van der Waals surface area contributed by atoms with Crippen molar-refractivity contribution in [3.05, 3.63) is 54.1 Å². The first-order valence-electron chi connectivity index (χ1n) is 7.78. The van der Waals surface area contributed by atoms with E-state index in [2.05, 4.69) is 6.92 Å². The molecule has 0 amide bonds. The number of ether oxygens (including phenoxy) is 1. The smallest absolute Gasteiger partial charge is 0.336 e. The summed E-state index contributed by atoms with van der Waals surface area (Å²) in [6.07, 6.45) is 4.73. The van der Waals surface area contributed by atoms with Gasteiger partial charge in [0, 0.05) is 0 Å². The molecule has 0 spiro atoms. The van der Waals surface area contributed by atoms with Crippen LogP contribution in [-0.2, 0) is 0 Å². The fraction of sp³-hybridized carbons (Fsp3) is 0.316. The highest BCUT2D eigenvalue weighted by molar-refractivity contribution is 5.96. The maximum absolute atomic E-state index is 11.3. The SMILES string of the molecule is CCCCCCOc1ccc(-c2ccccc2C(=O)O)cc1. The Morgan fingerprint density at radius 2 is 1.73 bits per heavy atom. The highest BCUT2D eigenvalue weighted by atomic mass is 16.5. The molecule has 0 radical (unpaired) electrons. The monoisotopic (exact) mass is 298 g/mol. The molecule has 0 heterocycles. The molecule has 0 aliphatic heterocycles. The summed E-state index contributed by atoms with van der Waals surface area (Å²) in [6.45, 7) is 2.92. The summed E-state index contributed by atoms with van der Waals surface area (Å²) in [6, 6.07) is 14.6. The van der Waals surface area contributed by atoms with E-state index >= 15 is 0 Å². The molecule has 2 aromatic carbocycles. The van der Waals surface area contributed by atoms with Gasteiger partial charge in [-0.25, -0.2) is 4.79 Å². The Morgan fingerprint density at radius 1 is 1.00 bits per heavy atom. The van der Waals surface area contributed by atoms with Crippen LogP contribution < -0.4 is 4.74 Å². The van der Waals surface area contributed by atoms with Crippen molar-refractivity contribution in [3.8, 4) is 16.9 Å². The van der Waals surface area contributed by atoms with E-state index in [1.54, 1.807) is 12.1 Å². The Labute approximate surface area is 131 Å². The number of hydrogen-bond acceptors (Lipinski definition) is 2. The summed E-state index contributed by atoms with van der Waals surface area (Å²) in [4.78, 5) is 11.3. The average molecular weight is 298 g/mol. The molecule has 116 valence electrons. The molecular weight excluding hydrogens is 276 g/mol. The van der Waals surface area contributed by atoms with Crippen LogP contribution in [0.2, 0.25) is 0 Å². The zero-order valence-electron chi connectivity index (χ0n) is 12.9. The third-order valence-corrected chi connectivity index (χ3v) is 3.59. The Balaban J connectivity index is 2.02. The van der Waals surface area contributed by atoms with E-state index in [-0.39, 0.29) is 0 Å². The third-order valence-electron chi connectivity index (χ3n) is 3.59. The van der Waals surface area contributed by atoms with Crippen LogP contribution in [0.25, 0.3) is 11.1 Å². The van der Waals surface area contributed by atoms with Crippen LogP contribution in [0, 0.1) is 0 Å². The Kier molecular flexibility index (Phi) is 6.01. The normalized spacial score (nSPS) is 10.4. The quantitative estimate of drug-likeness (QED) is 0.697. The Morgan fingerprint density at radius 3 is 2.41 bits per heavy atom. The molecule has 0 unspecified atom stereocenters. The van der Waals surface area contributed by atoms with Crippen LogP contribution >= 0.6 is 0 Å². The largest absolute Gasteiger partial charge is 0.494 e. The lowest BCUT2D eigenvalue weighted by Gasteiger charge is -2.09. The summed E-state index contributed by atoms with van der Waals surface area (Å²) >= 11 is 0. The number of benzene rings is 2. The van der Waals surface area contributed by atoms with Gasteiger partial charge in [0.05, 0.1) is 12.2 Å². The minimum absolute atomic E-state index is 0.315. The molecule has 2 rings (SSSR count). The van der Waals surface area contributed by atoms with Gasteiger partial charge in [-0.2, -0.15) is 0 Å². The summed E-state index contributed by atoms with van der Waals surface area (Å²) < 4.78 is 5.70. The second-order valence-electron chi connectivity index (χ2n) is 5.28. The van der Waals surface area contributed by atoms with E-state index in [4.69, 9.17) is 4.74 Å². The molecular formula is C19H22O3. The van der Waals surface area contributed by atoms with E-state index in [1.807, 2.05) is 36.4 Å². The zero-order chi connectivity index (χ0) is 15.8. The summed E-state index contributed by atoms with van der Waals surface area (Å²) in [7, 11) is 0. The molecule has 1 N–H and O–H groups in total. The van der Waals surface area contributed by atoms with Gasteiger partial charge in [0.25, 0.3) is 0 Å². The molecule has 2 aromatic rings. The van der Waals surface area contributed by atoms with E-state index in [0.29, 0.717) is 5.56 Å². The molecule has 3 heteroatoms. The van der Waals surface area contributed by atoms with Crippen molar-refractivity contribution in [2.24, 2.45) is 0 Å². The van der Waals surface area contributed by atoms with Crippen LogP contribution in [0.15, 0.2) is 48.5 Å². The molecule has 0 atom stereocenters. The highest BCUT2D eigenvalue weighted by Crippen LogP contribution is 2.26. The maximum atomic E-state index is 11.3. The number of hydrogen-bond donors (Lipinski definition) is 1. The minimum atomic E-state index is -0.910. The van der Waals surface area contributed by atoms with Crippen molar-refractivity contribution in [1.82, 2.24) is 0 Å². The average Bonchev–Trinajstić information content (AvgIpc) is 2.55. The van der Waals surface area contributed by atoms with Crippen molar-refractivity contribution >= 4 is 5.97 Å². The fourth-order valence-electron chi connectivity index (χ4n) is 2.37. The molecule has 0 saturated heterocycles. The fourth-order valence-corrected chi connectivity index (χ4v) is 2.37. The van der Waals surface area contributed by atoms with Crippen molar-refractivity contribution < 1.29 is 14.6 Å². The van der Waals surface area contributed by atoms with Crippen LogP contribution in [0.3, 0.4) is 0 Å². The first-order chi connectivity index (χ1) is 10.7. The lowest BCUT2D eigenvalue weighted by Crippen LogP contribution is -1.99. The summed E-state index contributed by atoms with van der Waals surface area (Å²) in [5.41, 5.74) is 1.93. The second kappa shape index (κ2) is 8.23. The van der Waals surface area contributed by atoms with Crippen molar-refractivity contribution in [2.75, 3.05) is 6.61 Å². The van der Waals surface area contributed by atoms with Gasteiger partial charge in [0.1, 0.15) is 5.75 Å². The number of aromatic carboxylic acids is 1. The van der Waals surface area contributed by atoms with Crippen molar-refractivity contribution in [1.29, 1.82) is 0 Å². The second-order valence-corrected chi connectivity index (χ2v) is 5.28. The molecule has 0 aromatic heterocycles. The molecule has 3 nitrogen and oxygen atoms in total. The standard InChI is InChI=1S/C19H22O3/c1-2-3-4-7-14-22-16-12-10-15(11-13-16)17-8-5-6-9-18(17)19(20)21/h5-6,8-13H,2-4,7,14H2,1H3,(H,20,21). The van der Waals surface area contributed by atoms with Crippen LogP contribution in [0.5, 0.6) is 5.75 Å². The number of carboxylic acids is 1. The first-order valence-corrected chi connectivity index (χ1v) is 7.78. The lowest BCUT2D eigenvalue weighted by atomic mass is 10.00. The number of unbranched alkanes of at least 4 members (excludes halogenated alkanes) is 3. The summed E-state index contributed by atoms with van der Waals surface area (Å²) in [5, 5.41) is 9.24. The van der Waals surface area contributed by atoms with Gasteiger partial charge in [-0.3, -0.25) is 0 Å². The lowest BCUT2D eigenvalue weighted by molar-refractivity contribution is 0.0697. The van der Waals surface area contributed by atoms with Gasteiger partial charge in [0.15, 0.2) is 0 Å². The number of rotatable bonds is 8. The van der Waals surface area contributed by atoms with Crippen LogP contribution in [-0.4, -0.2) is 17.7 Å². The molecule has 0 aliphatic rings. The predicted molar refractivity (Wildman–Crippen MR) is 88.5 cm³/mol. The number of carboxylic acid groups (broad SMARTS) is 1. The van der Waals surface area contributed by atoms with E-state index < -0.39 is 5.97 Å². The zero-order valence-corrected chi connectivity index (χ0v) is 12.9. The maximum Gasteiger partial charge on any atom is 0.336 e. The van der Waals surface area contributed by atoms with Crippen molar-refractivity contribution in [3.63, 3.8) is 0 Å². The van der Waals surface area contributed by atoms with E-state index in [9.17, 15) is 9.90 Å². The number of carbonyl (C=O) groups is 1. The predicted octanol–water partition coefficient (Wildman–Crippen LogP) is 5.01. The molecule has 22 heavy (non-hydrogen) atoms. The van der Waals surface area contributed by atoms with E-state index in [0.717, 1.165) is 29.9 Å². The van der Waals surface area contributed by atoms with E-state index in [1.165, 1.54) is 19.3 Å². The summed E-state index contributed by atoms with van der Waals surface area (Å²) in [5.74, 6) is -0.0834. The Bertz CT molecular complexity index is 602. The van der Waals surface area contributed by atoms with Gasteiger partial charge in [-0.1, -0.05) is 56.5 Å². The third kappa shape index (κ3) is 4.35. The molecule has 0 fully saturated rings. The van der Waals surface area contributed by atoms with Gasteiger partial charge in [-0.05, 0) is 35.7 Å². The highest BCUT2D eigenvalue weighted by Gasteiger charge is 2.10. The van der Waals surface area contributed by atoms with Crippen LogP contribution in [0.4, 0.5) is 0 Å².